The molecule has 5 N–H and O–H groups in total. The van der Waals surface area contributed by atoms with E-state index in [1.54, 1.807) is 37.6 Å². The number of rotatable bonds is 18. The van der Waals surface area contributed by atoms with Crippen molar-refractivity contribution in [2.45, 2.75) is 121 Å². The van der Waals surface area contributed by atoms with E-state index in [-0.39, 0.29) is 47.7 Å². The number of phenolic OH excluding ortho intramolecular Hbond substituents is 1. The Hall–Kier alpha value is -6.97. The summed E-state index contributed by atoms with van der Waals surface area (Å²) in [7, 11) is 0. The minimum absolute atomic E-state index is 0.0120. The van der Waals surface area contributed by atoms with Crippen molar-refractivity contribution in [2.24, 2.45) is 17.8 Å². The molecule has 6 atom stereocenters. The Bertz CT molecular complexity index is 3130. The fourth-order valence-corrected chi connectivity index (χ4v) is 13.4. The maximum Gasteiger partial charge on any atom is 0.254 e. The highest BCUT2D eigenvalue weighted by molar-refractivity contribution is 7.13. The quantitative estimate of drug-likeness (QED) is 0.0636. The zero-order valence-corrected chi connectivity index (χ0v) is 45.8. The number of pyridine rings is 1. The van der Waals surface area contributed by atoms with Crippen LogP contribution in [0.1, 0.15) is 101 Å². The predicted octanol–water partition coefficient (Wildman–Crippen LogP) is 8.30. The molecule has 4 saturated heterocycles. The summed E-state index contributed by atoms with van der Waals surface area (Å²) in [5.41, 5.74) is 11.8. The van der Waals surface area contributed by atoms with Crippen molar-refractivity contribution in [3.63, 3.8) is 0 Å². The topological polar surface area (TPSA) is 222 Å². The van der Waals surface area contributed by atoms with Crippen molar-refractivity contribution in [2.75, 3.05) is 61.4 Å². The number of phenols is 1. The molecule has 18 nitrogen and oxygen atoms in total. The number of hydrogen-bond acceptors (Lipinski definition) is 17. The van der Waals surface area contributed by atoms with Crippen molar-refractivity contribution in [3.8, 4) is 39.2 Å². The van der Waals surface area contributed by atoms with Gasteiger partial charge in [-0.1, -0.05) is 26.0 Å². The average Bonchev–Trinajstić information content (AvgIpc) is 4.27. The number of hydrogen-bond donors (Lipinski definition) is 4. The number of carbonyl (C=O) groups is 2. The van der Waals surface area contributed by atoms with Gasteiger partial charge in [-0.15, -0.1) is 21.5 Å². The van der Waals surface area contributed by atoms with Crippen LogP contribution in [0.15, 0.2) is 76.9 Å². The average molecular weight is 1100 g/mol. The molecule has 2 aromatic carbocycles. The standard InChI is InChI=1S/C58H69F2N11O7S/c1-32(2)54(58(75)70-30-40(72)22-49(70)57(74)64-33(3)43-23-46(60)44(24-45(43)59)55-34(4)63-31-79-55)51-26-53(67-78-51)76-18-14-35-12-16-68(17-13-35)27-36-19-41(20-36)77-52-21-37(11-15-62-52)71-38-9-10-39(71)29-69(28-38)48-25-47(65-66-56(48)61)42-7-5-6-8-50(42)73/h5-8,11,15,21,23-26,31-33,35-36,38-41,49,54,72-73H,9-10,12-14,16-20,22,27-30H2,1-4H3,(H2,61,66)(H,64,74)/t33-,36?,38+,39?,40+,41?,49-,54+/m0/s1. The van der Waals surface area contributed by atoms with Crippen LogP contribution in [-0.4, -0.2) is 133 Å². The third kappa shape index (κ3) is 11.6. The maximum absolute atomic E-state index is 15.4. The molecule has 1 saturated carbocycles. The Morgan fingerprint density at radius 3 is 2.41 bits per heavy atom. The van der Waals surface area contributed by atoms with E-state index in [9.17, 15) is 19.8 Å². The number of amides is 2. The monoisotopic (exact) mass is 1100 g/mol. The van der Waals surface area contributed by atoms with E-state index in [2.05, 4.69) is 57.5 Å². The number of aliphatic hydroxyl groups excluding tert-OH is 1. The number of fused-ring (bicyclic) bond motifs is 2. The first kappa shape index (κ1) is 54.0. The number of aryl methyl sites for hydroxylation is 1. The van der Waals surface area contributed by atoms with Crippen LogP contribution in [0.5, 0.6) is 17.5 Å². The molecule has 4 aromatic heterocycles. The number of nitrogens with two attached hydrogens (primary N) is 1. The number of ether oxygens (including phenoxy) is 2. The number of carbonyl (C=O) groups excluding carboxylic acids is 2. The number of aromatic nitrogens is 5. The number of aliphatic hydroxyl groups is 1. The highest BCUT2D eigenvalue weighted by Crippen LogP contribution is 2.41. The number of nitrogens with zero attached hydrogens (tertiary/aromatic N) is 9. The van der Waals surface area contributed by atoms with Gasteiger partial charge < -0.3 is 54.9 Å². The summed E-state index contributed by atoms with van der Waals surface area (Å²) in [6.45, 7) is 12.1. The van der Waals surface area contributed by atoms with Crippen molar-refractivity contribution >= 4 is 40.3 Å². The summed E-state index contributed by atoms with van der Waals surface area (Å²) in [4.78, 5) is 46.0. The lowest BCUT2D eigenvalue weighted by atomic mass is 9.81. The van der Waals surface area contributed by atoms with Crippen LogP contribution in [0.3, 0.4) is 0 Å². The number of nitrogens with one attached hydrogen (secondary N) is 1. The number of aromatic hydroxyl groups is 1. The fourth-order valence-electron chi connectivity index (χ4n) is 12.6. The van der Waals surface area contributed by atoms with Gasteiger partial charge >= 0.3 is 0 Å². The van der Waals surface area contributed by atoms with Crippen molar-refractivity contribution in [1.29, 1.82) is 0 Å². The van der Waals surface area contributed by atoms with Gasteiger partial charge in [0.05, 0.1) is 46.2 Å². The molecule has 5 fully saturated rings. The summed E-state index contributed by atoms with van der Waals surface area (Å²) in [6.07, 6.45) is 8.18. The zero-order chi connectivity index (χ0) is 55.1. The first-order chi connectivity index (χ1) is 38.1. The van der Waals surface area contributed by atoms with E-state index in [4.69, 9.17) is 19.7 Å². The number of para-hydroxylation sites is 1. The Morgan fingerprint density at radius 1 is 0.899 bits per heavy atom. The van der Waals surface area contributed by atoms with Crippen LogP contribution in [0.4, 0.5) is 26.0 Å². The van der Waals surface area contributed by atoms with Crippen molar-refractivity contribution in [3.05, 3.63) is 101 Å². The van der Waals surface area contributed by atoms with Gasteiger partial charge in [0, 0.05) is 85.4 Å². The molecule has 21 heteroatoms. The summed E-state index contributed by atoms with van der Waals surface area (Å²) in [5.74, 6) is -0.532. The molecule has 418 valence electrons. The van der Waals surface area contributed by atoms with E-state index in [1.165, 1.54) is 16.2 Å². The first-order valence-electron chi connectivity index (χ1n) is 27.7. The van der Waals surface area contributed by atoms with E-state index < -0.39 is 47.6 Å². The molecule has 11 rings (SSSR count). The number of piperidine rings is 1. The molecule has 6 aromatic rings. The number of nitrogen functional groups attached to an aromatic ring is 1. The Morgan fingerprint density at radius 2 is 1.67 bits per heavy atom. The summed E-state index contributed by atoms with van der Waals surface area (Å²) in [6, 6.07) is 15.7. The van der Waals surface area contributed by atoms with Crippen molar-refractivity contribution < 1.29 is 42.6 Å². The molecule has 0 spiro atoms. The Kier molecular flexibility index (Phi) is 15.7. The smallest absolute Gasteiger partial charge is 0.254 e. The lowest BCUT2D eigenvalue weighted by Gasteiger charge is -2.43. The summed E-state index contributed by atoms with van der Waals surface area (Å²) in [5, 5.41) is 36.6. The molecular weight excluding hydrogens is 1030 g/mol. The lowest BCUT2D eigenvalue weighted by molar-refractivity contribution is -0.141. The molecule has 79 heavy (non-hydrogen) atoms. The molecule has 2 bridgehead atoms. The fraction of sp³-hybridized carbons (Fsp3) is 0.500. The van der Waals surface area contributed by atoms with Gasteiger partial charge in [-0.25, -0.2) is 18.7 Å². The summed E-state index contributed by atoms with van der Waals surface area (Å²) < 4.78 is 49.0. The van der Waals surface area contributed by atoms with Crippen LogP contribution in [0, 0.1) is 36.3 Å². The minimum Gasteiger partial charge on any atom is -0.507 e. The number of likely N-dealkylation sites (tertiary alicyclic amines) is 2. The molecule has 8 heterocycles. The van der Waals surface area contributed by atoms with E-state index in [0.29, 0.717) is 69.8 Å². The third-order valence-electron chi connectivity index (χ3n) is 16.8. The molecular formula is C58H69F2N11O7S. The molecule has 5 aliphatic rings. The lowest BCUT2D eigenvalue weighted by Crippen LogP contribution is -2.54. The zero-order valence-electron chi connectivity index (χ0n) is 45.0. The Balaban J connectivity index is 0.607. The predicted molar refractivity (Wildman–Crippen MR) is 295 cm³/mol. The van der Waals surface area contributed by atoms with Gasteiger partial charge in [0.15, 0.2) is 11.6 Å². The number of piperazine rings is 1. The second-order valence-electron chi connectivity index (χ2n) is 22.6. The van der Waals surface area contributed by atoms with E-state index in [0.717, 1.165) is 101 Å². The third-order valence-corrected chi connectivity index (χ3v) is 17.8. The van der Waals surface area contributed by atoms with Crippen LogP contribution >= 0.6 is 11.3 Å². The molecule has 1 aliphatic carbocycles. The minimum atomic E-state index is -1.04. The second-order valence-corrected chi connectivity index (χ2v) is 23.4. The largest absolute Gasteiger partial charge is 0.507 e. The van der Waals surface area contributed by atoms with Gasteiger partial charge in [0.2, 0.25) is 17.7 Å². The number of anilines is 3. The number of thiazole rings is 1. The van der Waals surface area contributed by atoms with Crippen LogP contribution in [-0.2, 0) is 9.59 Å². The van der Waals surface area contributed by atoms with E-state index in [1.807, 2.05) is 38.2 Å². The van der Waals surface area contributed by atoms with Crippen LogP contribution < -0.4 is 30.3 Å². The van der Waals surface area contributed by atoms with Crippen molar-refractivity contribution in [1.82, 2.24) is 40.4 Å². The number of β-amino-alcohol motifs (C(OH)–C–C–N with tert-alkyl or cyclic N) is 1. The highest BCUT2D eigenvalue weighted by atomic mass is 32.1. The normalized spacial score (nSPS) is 23.2. The van der Waals surface area contributed by atoms with E-state index >= 15 is 8.78 Å². The number of benzene rings is 2. The Labute approximate surface area is 462 Å². The van der Waals surface area contributed by atoms with Gasteiger partial charge in [-0.3, -0.25) is 9.59 Å². The molecule has 1 unspecified atom stereocenters. The molecule has 4 aliphatic heterocycles. The van der Waals surface area contributed by atoms with Crippen LogP contribution in [0.25, 0.3) is 21.7 Å². The second kappa shape index (κ2) is 23.0. The number of halogens is 2. The van der Waals surface area contributed by atoms with Gasteiger partial charge in [0.1, 0.15) is 35.4 Å². The van der Waals surface area contributed by atoms with Gasteiger partial charge in [0.25, 0.3) is 5.88 Å². The first-order valence-corrected chi connectivity index (χ1v) is 28.6. The molecule has 0 radical (unpaired) electrons. The summed E-state index contributed by atoms with van der Waals surface area (Å²) >= 11 is 1.21. The van der Waals surface area contributed by atoms with Gasteiger partial charge in [-0.2, -0.15) is 0 Å². The molecule has 2 amide bonds. The van der Waals surface area contributed by atoms with Gasteiger partial charge in [-0.05, 0) is 131 Å². The maximum atomic E-state index is 15.4. The van der Waals surface area contributed by atoms with Crippen LogP contribution in [0.2, 0.25) is 0 Å². The highest BCUT2D eigenvalue weighted by Gasteiger charge is 2.45. The SMILES string of the molecule is Cc1ncsc1-c1cc(F)c([C@H](C)NC(=O)[C@@H]2C[C@@H](O)CN2C(=O)[C@@H](c2cc(OCCC3CCN(CC4CC(Oc5cc(N6C7CC[C@@H]6CN(c6cc(-c8ccccc8O)nnc6N)C7)ccn5)C4)CC3)no2)C(C)C)cc1F.